The van der Waals surface area contributed by atoms with Gasteiger partial charge in [-0.1, -0.05) is 30.3 Å². The number of carbonyl (C=O) groups is 1. The molecule has 3 aromatic rings. The van der Waals surface area contributed by atoms with Gasteiger partial charge in [0.05, 0.1) is 12.2 Å². The van der Waals surface area contributed by atoms with Crippen molar-refractivity contribution in [2.75, 3.05) is 0 Å². The zero-order valence-corrected chi connectivity index (χ0v) is 13.7. The topological polar surface area (TPSA) is 46.9 Å². The van der Waals surface area contributed by atoms with E-state index in [-0.39, 0.29) is 17.8 Å². The molecule has 0 bridgehead atoms. The number of nitrogens with one attached hydrogen (secondary N) is 1. The zero-order chi connectivity index (χ0) is 17.2. The number of rotatable bonds is 3. The third kappa shape index (κ3) is 2.93. The number of nitrogens with zero attached hydrogens (tertiary/aromatic N) is 2. The molecule has 4 nitrogen and oxygen atoms in total. The van der Waals surface area contributed by atoms with Crippen LogP contribution >= 0.6 is 0 Å². The first-order chi connectivity index (χ1) is 12.2. The maximum atomic E-state index is 14.1. The minimum Gasteiger partial charge on any atom is -0.345 e. The Bertz CT molecular complexity index is 904. The van der Waals surface area contributed by atoms with E-state index in [1.54, 1.807) is 41.2 Å². The molecule has 0 saturated heterocycles. The Hall–Kier alpha value is -2.95. The van der Waals surface area contributed by atoms with Gasteiger partial charge in [-0.05, 0) is 43.5 Å². The van der Waals surface area contributed by atoms with Crippen molar-refractivity contribution in [1.29, 1.82) is 0 Å². The fraction of sp³-hybridized carbons (Fsp3) is 0.200. The monoisotopic (exact) mass is 335 g/mol. The van der Waals surface area contributed by atoms with Crippen molar-refractivity contribution in [1.82, 2.24) is 15.1 Å². The van der Waals surface area contributed by atoms with E-state index in [2.05, 4.69) is 10.4 Å². The van der Waals surface area contributed by atoms with Gasteiger partial charge in [-0.3, -0.25) is 4.79 Å². The molecule has 1 aliphatic carbocycles. The Balaban J connectivity index is 1.63. The van der Waals surface area contributed by atoms with Gasteiger partial charge in [0.15, 0.2) is 0 Å². The molecule has 1 aliphatic rings. The van der Waals surface area contributed by atoms with Crippen molar-refractivity contribution in [3.63, 3.8) is 0 Å². The fourth-order valence-electron chi connectivity index (χ4n) is 3.37. The summed E-state index contributed by atoms with van der Waals surface area (Å²) in [6.45, 7) is 0. The number of hydrogen-bond donors (Lipinski definition) is 1. The Morgan fingerprint density at radius 2 is 1.88 bits per heavy atom. The summed E-state index contributed by atoms with van der Waals surface area (Å²) in [5.41, 5.74) is 3.02. The van der Waals surface area contributed by atoms with E-state index >= 15 is 0 Å². The average Bonchev–Trinajstić information content (AvgIpc) is 3.08. The summed E-state index contributed by atoms with van der Waals surface area (Å²) >= 11 is 0. The minimum absolute atomic E-state index is 0.0999. The van der Waals surface area contributed by atoms with E-state index in [9.17, 15) is 9.18 Å². The lowest BCUT2D eigenvalue weighted by molar-refractivity contribution is 0.0932. The maximum absolute atomic E-state index is 14.1. The van der Waals surface area contributed by atoms with Crippen LogP contribution in [0, 0.1) is 5.82 Å². The largest absolute Gasteiger partial charge is 0.345 e. The van der Waals surface area contributed by atoms with Gasteiger partial charge in [0, 0.05) is 16.8 Å². The van der Waals surface area contributed by atoms with E-state index in [4.69, 9.17) is 0 Å². The smallest absolute Gasteiger partial charge is 0.251 e. The van der Waals surface area contributed by atoms with Crippen molar-refractivity contribution < 1.29 is 9.18 Å². The SMILES string of the molecule is O=C(NC1CCCc2c1cnn2-c1ccccc1F)c1ccccc1. The second kappa shape index (κ2) is 6.51. The van der Waals surface area contributed by atoms with E-state index in [0.29, 0.717) is 11.3 Å². The Labute approximate surface area is 145 Å². The number of fused-ring (bicyclic) bond motifs is 1. The fourth-order valence-corrected chi connectivity index (χ4v) is 3.37. The Kier molecular flexibility index (Phi) is 4.06. The van der Waals surface area contributed by atoms with Crippen molar-refractivity contribution in [3.8, 4) is 5.69 Å². The molecule has 0 spiro atoms. The van der Waals surface area contributed by atoms with Gasteiger partial charge in [-0.15, -0.1) is 0 Å². The summed E-state index contributed by atoms with van der Waals surface area (Å²) in [5, 5.41) is 7.47. The lowest BCUT2D eigenvalue weighted by atomic mass is 9.92. The summed E-state index contributed by atoms with van der Waals surface area (Å²) < 4.78 is 15.8. The van der Waals surface area contributed by atoms with Crippen LogP contribution in [0.2, 0.25) is 0 Å². The third-order valence-corrected chi connectivity index (χ3v) is 4.60. The number of aromatic nitrogens is 2. The first-order valence-corrected chi connectivity index (χ1v) is 8.41. The maximum Gasteiger partial charge on any atom is 0.251 e. The normalized spacial score (nSPS) is 16.3. The Morgan fingerprint density at radius 1 is 1.12 bits per heavy atom. The highest BCUT2D eigenvalue weighted by molar-refractivity contribution is 5.94. The van der Waals surface area contributed by atoms with Crippen LogP contribution in [0.1, 0.15) is 40.5 Å². The number of para-hydroxylation sites is 1. The molecule has 126 valence electrons. The summed E-state index contributed by atoms with van der Waals surface area (Å²) in [6.07, 6.45) is 4.35. The molecule has 0 radical (unpaired) electrons. The van der Waals surface area contributed by atoms with Gasteiger partial charge in [-0.2, -0.15) is 5.10 Å². The highest BCUT2D eigenvalue weighted by atomic mass is 19.1. The second-order valence-corrected chi connectivity index (χ2v) is 6.19. The molecule has 1 atom stereocenters. The van der Waals surface area contributed by atoms with Crippen LogP contribution in [0.15, 0.2) is 60.8 Å². The first-order valence-electron chi connectivity index (χ1n) is 8.41. The van der Waals surface area contributed by atoms with E-state index in [1.165, 1.54) is 6.07 Å². The molecular formula is C20H18FN3O. The van der Waals surface area contributed by atoms with Gasteiger partial charge < -0.3 is 5.32 Å². The molecule has 2 aromatic carbocycles. The summed E-state index contributed by atoms with van der Waals surface area (Å²) in [5.74, 6) is -0.402. The van der Waals surface area contributed by atoms with Gasteiger partial charge >= 0.3 is 0 Å². The van der Waals surface area contributed by atoms with Gasteiger partial charge in [0.2, 0.25) is 0 Å². The molecule has 25 heavy (non-hydrogen) atoms. The van der Waals surface area contributed by atoms with Crippen LogP contribution in [0.5, 0.6) is 0 Å². The predicted molar refractivity (Wildman–Crippen MR) is 93.1 cm³/mol. The van der Waals surface area contributed by atoms with Gasteiger partial charge in [0.1, 0.15) is 11.5 Å². The molecule has 0 saturated carbocycles. The lowest BCUT2D eigenvalue weighted by Gasteiger charge is -2.24. The Morgan fingerprint density at radius 3 is 2.68 bits per heavy atom. The number of carbonyl (C=O) groups excluding carboxylic acids is 1. The standard InChI is InChI=1S/C20H18FN3O/c21-16-9-4-5-11-19(16)24-18-12-6-10-17(15(18)13-22-24)23-20(25)14-7-2-1-3-8-14/h1-5,7-9,11,13,17H,6,10,12H2,(H,23,25). The van der Waals surface area contributed by atoms with Crippen molar-refractivity contribution >= 4 is 5.91 Å². The molecule has 1 heterocycles. The zero-order valence-electron chi connectivity index (χ0n) is 13.7. The van der Waals surface area contributed by atoms with Crippen LogP contribution in [0.4, 0.5) is 4.39 Å². The highest BCUT2D eigenvalue weighted by Gasteiger charge is 2.26. The molecule has 0 fully saturated rings. The molecule has 1 unspecified atom stereocenters. The molecule has 4 rings (SSSR count). The summed E-state index contributed by atoms with van der Waals surface area (Å²) in [4.78, 5) is 12.5. The molecule has 1 aromatic heterocycles. The van der Waals surface area contributed by atoms with E-state index in [1.807, 2.05) is 18.2 Å². The van der Waals surface area contributed by atoms with Crippen LogP contribution in [0.25, 0.3) is 5.69 Å². The van der Waals surface area contributed by atoms with Crippen molar-refractivity contribution in [2.45, 2.75) is 25.3 Å². The van der Waals surface area contributed by atoms with E-state index < -0.39 is 0 Å². The minimum atomic E-state index is -0.302. The molecule has 5 heteroatoms. The van der Waals surface area contributed by atoms with Crippen LogP contribution in [-0.4, -0.2) is 15.7 Å². The molecule has 1 amide bonds. The summed E-state index contributed by atoms with van der Waals surface area (Å²) in [6, 6.07) is 15.7. The molecular weight excluding hydrogens is 317 g/mol. The van der Waals surface area contributed by atoms with Crippen molar-refractivity contribution in [3.05, 3.63) is 83.4 Å². The first kappa shape index (κ1) is 15.6. The highest BCUT2D eigenvalue weighted by Crippen LogP contribution is 2.31. The number of amides is 1. The third-order valence-electron chi connectivity index (χ3n) is 4.60. The van der Waals surface area contributed by atoms with Gasteiger partial charge in [-0.25, -0.2) is 9.07 Å². The number of halogens is 1. The lowest BCUT2D eigenvalue weighted by Crippen LogP contribution is -2.31. The van der Waals surface area contributed by atoms with Crippen LogP contribution in [-0.2, 0) is 6.42 Å². The quantitative estimate of drug-likeness (QED) is 0.791. The second-order valence-electron chi connectivity index (χ2n) is 6.19. The van der Waals surface area contributed by atoms with Crippen molar-refractivity contribution in [2.24, 2.45) is 0 Å². The van der Waals surface area contributed by atoms with Crippen LogP contribution in [0.3, 0.4) is 0 Å². The molecule has 0 aliphatic heterocycles. The van der Waals surface area contributed by atoms with Gasteiger partial charge in [0.25, 0.3) is 5.91 Å². The predicted octanol–water partition coefficient (Wildman–Crippen LogP) is 3.82. The number of hydrogen-bond acceptors (Lipinski definition) is 2. The average molecular weight is 335 g/mol. The molecule has 1 N–H and O–H groups in total. The summed E-state index contributed by atoms with van der Waals surface area (Å²) in [7, 11) is 0. The number of benzene rings is 2. The van der Waals surface area contributed by atoms with E-state index in [0.717, 1.165) is 30.5 Å². The van der Waals surface area contributed by atoms with Crippen LogP contribution < -0.4 is 5.32 Å².